The molecule has 1 aliphatic rings. The van der Waals surface area contributed by atoms with Gasteiger partial charge >= 0.3 is 0 Å². The molecule has 2 aromatic carbocycles. The first-order valence-electron chi connectivity index (χ1n) is 9.50. The van der Waals surface area contributed by atoms with E-state index in [1.165, 1.54) is 18.7 Å². The van der Waals surface area contributed by atoms with E-state index in [1.54, 1.807) is 12.1 Å². The fourth-order valence-electron chi connectivity index (χ4n) is 3.35. The highest BCUT2D eigenvalue weighted by atomic mass is 16.2. The fourth-order valence-corrected chi connectivity index (χ4v) is 3.35. The van der Waals surface area contributed by atoms with Crippen LogP contribution in [0.15, 0.2) is 42.5 Å². The monoisotopic (exact) mass is 379 g/mol. The predicted octanol–water partition coefficient (Wildman–Crippen LogP) is 2.68. The highest BCUT2D eigenvalue weighted by molar-refractivity contribution is 6.21. The molecule has 0 aromatic heterocycles. The Morgan fingerprint density at radius 2 is 1.61 bits per heavy atom. The Morgan fingerprint density at radius 1 is 0.964 bits per heavy atom. The first kappa shape index (κ1) is 19.8. The summed E-state index contributed by atoms with van der Waals surface area (Å²) in [6.07, 6.45) is 0. The highest BCUT2D eigenvalue weighted by Crippen LogP contribution is 2.22. The number of amides is 3. The summed E-state index contributed by atoms with van der Waals surface area (Å²) in [5.74, 6) is -0.980. The van der Waals surface area contributed by atoms with Gasteiger partial charge in [-0.15, -0.1) is 0 Å². The summed E-state index contributed by atoms with van der Waals surface area (Å²) in [5, 5.41) is 2.93. The molecule has 0 radical (unpaired) electrons. The molecule has 6 nitrogen and oxygen atoms in total. The average Bonchev–Trinajstić information content (AvgIpc) is 2.94. The lowest BCUT2D eigenvalue weighted by molar-refractivity contribution is 0.0693. The number of benzene rings is 2. The van der Waals surface area contributed by atoms with Crippen LogP contribution in [0.2, 0.25) is 0 Å². The quantitative estimate of drug-likeness (QED) is 0.751. The van der Waals surface area contributed by atoms with E-state index in [-0.39, 0.29) is 23.3 Å². The summed E-state index contributed by atoms with van der Waals surface area (Å²) in [6.45, 7) is 7.43. The minimum absolute atomic E-state index is 0.268. The van der Waals surface area contributed by atoms with Crippen molar-refractivity contribution in [3.8, 4) is 0 Å². The number of hydrogen-bond donors (Lipinski definition) is 1. The van der Waals surface area contributed by atoms with Crippen molar-refractivity contribution in [2.24, 2.45) is 0 Å². The molecule has 0 unspecified atom stereocenters. The molecule has 146 valence electrons. The van der Waals surface area contributed by atoms with Gasteiger partial charge in [-0.25, -0.2) is 0 Å². The number of nitrogens with zero attached hydrogens (tertiary/aromatic N) is 2. The summed E-state index contributed by atoms with van der Waals surface area (Å²) in [5.41, 5.74) is 3.24. The first-order valence-corrected chi connectivity index (χ1v) is 9.50. The van der Waals surface area contributed by atoms with E-state index in [4.69, 9.17) is 0 Å². The molecule has 1 N–H and O–H groups in total. The molecule has 1 heterocycles. The Kier molecular flexibility index (Phi) is 5.90. The standard InChI is InChI=1S/C22H25N3O3/c1-4-25(5-2)14-17-9-7-6-8-16(17)13-23-20(26)15-10-11-18-19(12-15)22(28)24(3)21(18)27/h6-12H,4-5,13-14H2,1-3H3,(H,23,26). The second-order valence-corrected chi connectivity index (χ2v) is 6.84. The molecule has 3 rings (SSSR count). The summed E-state index contributed by atoms with van der Waals surface area (Å²) in [6, 6.07) is 12.7. The van der Waals surface area contributed by atoms with Crippen molar-refractivity contribution in [1.82, 2.24) is 15.1 Å². The molecule has 0 saturated carbocycles. The van der Waals surface area contributed by atoms with Crippen molar-refractivity contribution in [2.75, 3.05) is 20.1 Å². The van der Waals surface area contributed by atoms with Gasteiger partial charge in [0.15, 0.2) is 0 Å². The zero-order valence-corrected chi connectivity index (χ0v) is 16.5. The zero-order chi connectivity index (χ0) is 20.3. The van der Waals surface area contributed by atoms with Gasteiger partial charge in [0.2, 0.25) is 0 Å². The van der Waals surface area contributed by atoms with Crippen LogP contribution in [0.4, 0.5) is 0 Å². The summed E-state index contributed by atoms with van der Waals surface area (Å²) < 4.78 is 0. The fraction of sp³-hybridized carbons (Fsp3) is 0.318. The normalized spacial score (nSPS) is 13.2. The molecule has 2 aromatic rings. The summed E-state index contributed by atoms with van der Waals surface area (Å²) in [4.78, 5) is 40.1. The van der Waals surface area contributed by atoms with Crippen LogP contribution in [0.1, 0.15) is 56.0 Å². The van der Waals surface area contributed by atoms with E-state index in [2.05, 4.69) is 30.1 Å². The molecular formula is C22H25N3O3. The van der Waals surface area contributed by atoms with E-state index in [0.29, 0.717) is 17.7 Å². The first-order chi connectivity index (χ1) is 13.5. The molecule has 28 heavy (non-hydrogen) atoms. The van der Waals surface area contributed by atoms with Gasteiger partial charge in [-0.1, -0.05) is 38.1 Å². The molecular weight excluding hydrogens is 354 g/mol. The summed E-state index contributed by atoms with van der Waals surface area (Å²) in [7, 11) is 1.44. The van der Waals surface area contributed by atoms with Gasteiger partial charge in [-0.2, -0.15) is 0 Å². The van der Waals surface area contributed by atoms with Crippen molar-refractivity contribution in [3.63, 3.8) is 0 Å². The Balaban J connectivity index is 1.72. The molecule has 0 spiro atoms. The van der Waals surface area contributed by atoms with E-state index in [0.717, 1.165) is 30.1 Å². The van der Waals surface area contributed by atoms with E-state index < -0.39 is 0 Å². The van der Waals surface area contributed by atoms with Crippen LogP contribution in [-0.4, -0.2) is 47.7 Å². The number of carbonyl (C=O) groups is 3. The minimum atomic E-state index is -0.376. The van der Waals surface area contributed by atoms with E-state index in [9.17, 15) is 14.4 Å². The van der Waals surface area contributed by atoms with Crippen molar-refractivity contribution in [3.05, 3.63) is 70.3 Å². The second kappa shape index (κ2) is 8.35. The lowest BCUT2D eigenvalue weighted by atomic mass is 10.0. The Bertz CT molecular complexity index is 919. The highest BCUT2D eigenvalue weighted by Gasteiger charge is 2.33. The van der Waals surface area contributed by atoms with Crippen molar-refractivity contribution in [2.45, 2.75) is 26.9 Å². The third-order valence-corrected chi connectivity index (χ3v) is 5.20. The SMILES string of the molecule is CCN(CC)Cc1ccccc1CNC(=O)c1ccc2c(c1)C(=O)N(C)C2=O. The lowest BCUT2D eigenvalue weighted by Gasteiger charge is -2.20. The maximum Gasteiger partial charge on any atom is 0.261 e. The van der Waals surface area contributed by atoms with Crippen LogP contribution in [0.25, 0.3) is 0 Å². The van der Waals surface area contributed by atoms with Crippen LogP contribution < -0.4 is 5.32 Å². The van der Waals surface area contributed by atoms with Gasteiger partial charge in [-0.05, 0) is 42.4 Å². The van der Waals surface area contributed by atoms with Crippen LogP contribution in [-0.2, 0) is 13.1 Å². The Morgan fingerprint density at radius 3 is 2.29 bits per heavy atom. The number of imide groups is 1. The number of hydrogen-bond acceptors (Lipinski definition) is 4. The molecule has 0 aliphatic carbocycles. The number of nitrogens with one attached hydrogen (secondary N) is 1. The minimum Gasteiger partial charge on any atom is -0.348 e. The third-order valence-electron chi connectivity index (χ3n) is 5.20. The van der Waals surface area contributed by atoms with Gasteiger partial charge in [0.25, 0.3) is 17.7 Å². The van der Waals surface area contributed by atoms with E-state index in [1.807, 2.05) is 18.2 Å². The van der Waals surface area contributed by atoms with Crippen molar-refractivity contribution in [1.29, 1.82) is 0 Å². The van der Waals surface area contributed by atoms with Crippen LogP contribution in [0.5, 0.6) is 0 Å². The maximum atomic E-state index is 12.6. The largest absolute Gasteiger partial charge is 0.348 e. The molecule has 0 fully saturated rings. The van der Waals surface area contributed by atoms with E-state index >= 15 is 0 Å². The zero-order valence-electron chi connectivity index (χ0n) is 16.5. The average molecular weight is 379 g/mol. The van der Waals surface area contributed by atoms with Gasteiger partial charge < -0.3 is 5.32 Å². The predicted molar refractivity (Wildman–Crippen MR) is 107 cm³/mol. The second-order valence-electron chi connectivity index (χ2n) is 6.84. The van der Waals surface area contributed by atoms with Gasteiger partial charge in [0, 0.05) is 25.7 Å². The number of fused-ring (bicyclic) bond motifs is 1. The summed E-state index contributed by atoms with van der Waals surface area (Å²) >= 11 is 0. The van der Waals surface area contributed by atoms with Gasteiger partial charge in [0.05, 0.1) is 11.1 Å². The Labute approximate surface area is 165 Å². The number of rotatable bonds is 7. The topological polar surface area (TPSA) is 69.7 Å². The van der Waals surface area contributed by atoms with Crippen LogP contribution >= 0.6 is 0 Å². The lowest BCUT2D eigenvalue weighted by Crippen LogP contribution is -2.26. The maximum absolute atomic E-state index is 12.6. The molecule has 0 bridgehead atoms. The smallest absolute Gasteiger partial charge is 0.261 e. The molecule has 6 heteroatoms. The van der Waals surface area contributed by atoms with Gasteiger partial charge in [-0.3, -0.25) is 24.2 Å². The van der Waals surface area contributed by atoms with Crippen LogP contribution in [0, 0.1) is 0 Å². The molecule has 0 atom stereocenters. The third kappa shape index (κ3) is 3.82. The number of carbonyl (C=O) groups excluding carboxylic acids is 3. The Hall–Kier alpha value is -2.99. The molecule has 3 amide bonds. The van der Waals surface area contributed by atoms with Gasteiger partial charge in [0.1, 0.15) is 0 Å². The molecule has 1 aliphatic heterocycles. The van der Waals surface area contributed by atoms with Crippen molar-refractivity contribution < 1.29 is 14.4 Å². The van der Waals surface area contributed by atoms with Crippen molar-refractivity contribution >= 4 is 17.7 Å². The van der Waals surface area contributed by atoms with Crippen LogP contribution in [0.3, 0.4) is 0 Å². The molecule has 0 saturated heterocycles.